The molecule has 4 nitrogen and oxygen atoms in total. The molecule has 0 unspecified atom stereocenters. The van der Waals surface area contributed by atoms with Crippen molar-refractivity contribution in [3.05, 3.63) is 69.4 Å². The van der Waals surface area contributed by atoms with Gasteiger partial charge in [-0.05, 0) is 42.0 Å². The summed E-state index contributed by atoms with van der Waals surface area (Å²) in [5.41, 5.74) is 1.04. The number of benzene rings is 2. The molecule has 110 valence electrons. The smallest absolute Gasteiger partial charge is 0.347 e. The maximum absolute atomic E-state index is 11.9. The number of fused-ring (bicyclic) bond motifs is 1. The highest BCUT2D eigenvalue weighted by Gasteiger charge is 2.05. The third-order valence-electron chi connectivity index (χ3n) is 3.14. The molecule has 0 spiro atoms. The largest absolute Gasteiger partial charge is 0.497 e. The Bertz CT molecular complexity index is 898. The predicted molar refractivity (Wildman–Crippen MR) is 87.2 cm³/mol. The van der Waals surface area contributed by atoms with Crippen LogP contribution in [0.5, 0.6) is 5.75 Å². The van der Waals surface area contributed by atoms with Gasteiger partial charge in [0, 0.05) is 11.1 Å². The molecule has 2 aromatic carbocycles. The molecule has 0 aliphatic carbocycles. The van der Waals surface area contributed by atoms with Crippen LogP contribution in [0.4, 0.5) is 0 Å². The Kier molecular flexibility index (Phi) is 3.94. The monoisotopic (exact) mass is 313 g/mol. The SMILES string of the molecule is COc1ccc(C=Cc2nc3ccc(Cl)cc3c(=O)o2)cc1. The summed E-state index contributed by atoms with van der Waals surface area (Å²) in [5, 5.41) is 0.845. The Morgan fingerprint density at radius 3 is 2.64 bits per heavy atom. The Morgan fingerprint density at radius 2 is 1.91 bits per heavy atom. The molecule has 5 heteroatoms. The molecule has 0 aliphatic heterocycles. The van der Waals surface area contributed by atoms with Crippen LogP contribution in [0.25, 0.3) is 23.1 Å². The zero-order chi connectivity index (χ0) is 15.5. The molecule has 0 radical (unpaired) electrons. The molecule has 0 saturated carbocycles. The molecule has 0 bridgehead atoms. The van der Waals surface area contributed by atoms with Crippen molar-refractivity contribution < 1.29 is 9.15 Å². The van der Waals surface area contributed by atoms with Crippen LogP contribution in [0, 0.1) is 0 Å². The molecule has 0 amide bonds. The number of aromatic nitrogens is 1. The van der Waals surface area contributed by atoms with E-state index in [2.05, 4.69) is 4.98 Å². The lowest BCUT2D eigenvalue weighted by Gasteiger charge is -2.00. The second kappa shape index (κ2) is 6.03. The van der Waals surface area contributed by atoms with E-state index in [1.165, 1.54) is 0 Å². The van der Waals surface area contributed by atoms with Gasteiger partial charge in [-0.2, -0.15) is 0 Å². The number of hydrogen-bond donors (Lipinski definition) is 0. The van der Waals surface area contributed by atoms with Crippen molar-refractivity contribution >= 4 is 34.7 Å². The van der Waals surface area contributed by atoms with Gasteiger partial charge in [-0.1, -0.05) is 23.7 Å². The maximum Gasteiger partial charge on any atom is 0.347 e. The first-order chi connectivity index (χ1) is 10.7. The van der Waals surface area contributed by atoms with Gasteiger partial charge in [0.05, 0.1) is 18.0 Å². The minimum atomic E-state index is -0.457. The molecular formula is C17H12ClNO3. The van der Waals surface area contributed by atoms with E-state index >= 15 is 0 Å². The molecule has 1 aromatic heterocycles. The summed E-state index contributed by atoms with van der Waals surface area (Å²) >= 11 is 5.86. The molecule has 1 heterocycles. The molecule has 0 aliphatic rings. The van der Waals surface area contributed by atoms with Gasteiger partial charge in [-0.3, -0.25) is 0 Å². The third kappa shape index (κ3) is 3.02. The number of hydrogen-bond acceptors (Lipinski definition) is 4. The summed E-state index contributed by atoms with van der Waals surface area (Å²) in [5.74, 6) is 1.03. The number of ether oxygens (including phenoxy) is 1. The van der Waals surface area contributed by atoms with Gasteiger partial charge in [0.15, 0.2) is 0 Å². The average molecular weight is 314 g/mol. The second-order valence-electron chi connectivity index (χ2n) is 4.61. The quantitative estimate of drug-likeness (QED) is 0.733. The van der Waals surface area contributed by atoms with Gasteiger partial charge >= 0.3 is 5.63 Å². The van der Waals surface area contributed by atoms with E-state index in [0.717, 1.165) is 11.3 Å². The summed E-state index contributed by atoms with van der Waals surface area (Å²) in [6.45, 7) is 0. The van der Waals surface area contributed by atoms with Crippen molar-refractivity contribution in [3.8, 4) is 5.75 Å². The number of rotatable bonds is 3. The fraction of sp³-hybridized carbons (Fsp3) is 0.0588. The Morgan fingerprint density at radius 1 is 1.14 bits per heavy atom. The van der Waals surface area contributed by atoms with E-state index in [-0.39, 0.29) is 5.89 Å². The van der Waals surface area contributed by atoms with Crippen LogP contribution in [0.3, 0.4) is 0 Å². The molecule has 0 fully saturated rings. The summed E-state index contributed by atoms with van der Waals surface area (Å²) in [6, 6.07) is 12.4. The topological polar surface area (TPSA) is 52.3 Å². The van der Waals surface area contributed by atoms with Gasteiger partial charge in [0.2, 0.25) is 5.89 Å². The molecule has 3 aromatic rings. The zero-order valence-corrected chi connectivity index (χ0v) is 12.5. The van der Waals surface area contributed by atoms with E-state index in [9.17, 15) is 4.79 Å². The van der Waals surface area contributed by atoms with Crippen molar-refractivity contribution in [2.45, 2.75) is 0 Å². The van der Waals surface area contributed by atoms with Gasteiger partial charge in [-0.25, -0.2) is 9.78 Å². The average Bonchev–Trinajstić information content (AvgIpc) is 2.54. The highest BCUT2D eigenvalue weighted by atomic mass is 35.5. The molecule has 0 N–H and O–H groups in total. The lowest BCUT2D eigenvalue weighted by atomic mass is 10.2. The van der Waals surface area contributed by atoms with Crippen LogP contribution >= 0.6 is 11.6 Å². The summed E-state index contributed by atoms with van der Waals surface area (Å²) in [7, 11) is 1.62. The lowest BCUT2D eigenvalue weighted by molar-refractivity contribution is 0.415. The van der Waals surface area contributed by atoms with Crippen LogP contribution in [0.1, 0.15) is 11.5 Å². The van der Waals surface area contributed by atoms with Crippen LogP contribution in [0.2, 0.25) is 5.02 Å². The van der Waals surface area contributed by atoms with Crippen LogP contribution in [0.15, 0.2) is 51.7 Å². The lowest BCUT2D eigenvalue weighted by Crippen LogP contribution is -2.02. The van der Waals surface area contributed by atoms with Crippen molar-refractivity contribution in [1.82, 2.24) is 4.98 Å². The first-order valence-electron chi connectivity index (χ1n) is 6.58. The van der Waals surface area contributed by atoms with Crippen molar-refractivity contribution in [1.29, 1.82) is 0 Å². The van der Waals surface area contributed by atoms with Crippen molar-refractivity contribution in [3.63, 3.8) is 0 Å². The summed E-state index contributed by atoms with van der Waals surface area (Å²) in [6.07, 6.45) is 3.46. The Balaban J connectivity index is 1.94. The number of halogens is 1. The van der Waals surface area contributed by atoms with Gasteiger partial charge in [0.1, 0.15) is 5.75 Å². The van der Waals surface area contributed by atoms with E-state index in [4.69, 9.17) is 20.8 Å². The summed E-state index contributed by atoms with van der Waals surface area (Å²) < 4.78 is 10.3. The number of nitrogens with zero attached hydrogens (tertiary/aromatic N) is 1. The van der Waals surface area contributed by atoms with E-state index in [1.807, 2.05) is 30.3 Å². The Hall–Kier alpha value is -2.59. The van der Waals surface area contributed by atoms with Gasteiger partial charge < -0.3 is 9.15 Å². The highest BCUT2D eigenvalue weighted by Crippen LogP contribution is 2.17. The number of methoxy groups -OCH3 is 1. The minimum absolute atomic E-state index is 0.246. The van der Waals surface area contributed by atoms with E-state index < -0.39 is 5.63 Å². The molecule has 0 saturated heterocycles. The van der Waals surface area contributed by atoms with Crippen LogP contribution in [-0.2, 0) is 0 Å². The second-order valence-corrected chi connectivity index (χ2v) is 5.04. The van der Waals surface area contributed by atoms with Gasteiger partial charge in [0.25, 0.3) is 0 Å². The van der Waals surface area contributed by atoms with E-state index in [1.54, 1.807) is 31.4 Å². The third-order valence-corrected chi connectivity index (χ3v) is 3.38. The molecule has 3 rings (SSSR count). The first-order valence-corrected chi connectivity index (χ1v) is 6.96. The maximum atomic E-state index is 11.9. The van der Waals surface area contributed by atoms with Crippen LogP contribution in [-0.4, -0.2) is 12.1 Å². The first kappa shape index (κ1) is 14.4. The standard InChI is InChI=1S/C17H12ClNO3/c1-21-13-6-2-11(3-7-13)4-9-16-19-15-8-5-12(18)10-14(15)17(20)22-16/h2-10H,1H3. The Labute approximate surface area is 131 Å². The van der Waals surface area contributed by atoms with Crippen molar-refractivity contribution in [2.24, 2.45) is 0 Å². The van der Waals surface area contributed by atoms with Gasteiger partial charge in [-0.15, -0.1) is 0 Å². The van der Waals surface area contributed by atoms with Crippen molar-refractivity contribution in [2.75, 3.05) is 7.11 Å². The molecule has 0 atom stereocenters. The fourth-order valence-corrected chi connectivity index (χ4v) is 2.19. The summed E-state index contributed by atoms with van der Waals surface area (Å²) in [4.78, 5) is 16.2. The minimum Gasteiger partial charge on any atom is -0.497 e. The predicted octanol–water partition coefficient (Wildman–Crippen LogP) is 4.02. The zero-order valence-electron chi connectivity index (χ0n) is 11.7. The molecule has 22 heavy (non-hydrogen) atoms. The highest BCUT2D eigenvalue weighted by molar-refractivity contribution is 6.31. The van der Waals surface area contributed by atoms with E-state index in [0.29, 0.717) is 15.9 Å². The van der Waals surface area contributed by atoms with Crippen LogP contribution < -0.4 is 10.4 Å². The fourth-order valence-electron chi connectivity index (χ4n) is 2.01. The molecular weight excluding hydrogens is 302 g/mol. The normalized spacial score (nSPS) is 11.2.